The van der Waals surface area contributed by atoms with Gasteiger partial charge in [-0.15, -0.1) is 0 Å². The fourth-order valence-corrected chi connectivity index (χ4v) is 4.07. The van der Waals surface area contributed by atoms with Crippen molar-refractivity contribution in [3.8, 4) is 23.0 Å². The number of methoxy groups -OCH3 is 5. The van der Waals surface area contributed by atoms with Crippen LogP contribution in [-0.2, 0) is 19.0 Å². The molecule has 8 heteroatoms. The van der Waals surface area contributed by atoms with Crippen molar-refractivity contribution in [2.75, 3.05) is 42.3 Å². The second-order valence-electron chi connectivity index (χ2n) is 7.45. The van der Waals surface area contributed by atoms with E-state index >= 15 is 0 Å². The number of hydrogen-bond acceptors (Lipinski definition) is 8. The first-order valence-corrected chi connectivity index (χ1v) is 10.2. The molecule has 0 amide bonds. The Bertz CT molecular complexity index is 928. The molecule has 174 valence electrons. The van der Waals surface area contributed by atoms with Gasteiger partial charge in [0.1, 0.15) is 12.9 Å². The summed E-state index contributed by atoms with van der Waals surface area (Å²) in [5.41, 5.74) is 1.61. The predicted molar refractivity (Wildman–Crippen MR) is 116 cm³/mol. The number of cyclic esters (lactones) is 1. The molecule has 0 unspecified atom stereocenters. The number of ether oxygens (including phenoxy) is 7. The lowest BCUT2D eigenvalue weighted by molar-refractivity contribution is -0.144. The molecule has 0 spiro atoms. The van der Waals surface area contributed by atoms with E-state index in [-0.39, 0.29) is 18.7 Å². The minimum atomic E-state index is -0.549. The van der Waals surface area contributed by atoms with Crippen LogP contribution in [0.5, 0.6) is 23.0 Å². The van der Waals surface area contributed by atoms with Crippen molar-refractivity contribution in [3.63, 3.8) is 0 Å². The normalized spacial score (nSPS) is 21.1. The second kappa shape index (κ2) is 10.6. The average molecular weight is 446 g/mol. The molecule has 0 aromatic heterocycles. The van der Waals surface area contributed by atoms with Gasteiger partial charge in [0.2, 0.25) is 0 Å². The molecule has 0 N–H and O–H groups in total. The summed E-state index contributed by atoms with van der Waals surface area (Å²) in [6.07, 6.45) is -1.05. The van der Waals surface area contributed by atoms with Gasteiger partial charge in [-0.1, -0.05) is 19.1 Å². The van der Waals surface area contributed by atoms with E-state index in [0.717, 1.165) is 11.1 Å². The zero-order chi connectivity index (χ0) is 23.3. The van der Waals surface area contributed by atoms with Crippen LogP contribution in [0.3, 0.4) is 0 Å². The highest BCUT2D eigenvalue weighted by atomic mass is 16.7. The Morgan fingerprint density at radius 2 is 1.44 bits per heavy atom. The van der Waals surface area contributed by atoms with Crippen molar-refractivity contribution in [2.24, 2.45) is 11.8 Å². The number of hydrogen-bond donors (Lipinski definition) is 0. The number of rotatable bonds is 10. The molecule has 1 heterocycles. The van der Waals surface area contributed by atoms with Crippen molar-refractivity contribution in [1.82, 2.24) is 0 Å². The molecule has 0 saturated carbocycles. The van der Waals surface area contributed by atoms with E-state index < -0.39 is 18.1 Å². The van der Waals surface area contributed by atoms with Gasteiger partial charge in [-0.25, -0.2) is 0 Å². The predicted octanol–water partition coefficient (Wildman–Crippen LogP) is 3.93. The number of carbonyl (C=O) groups is 1. The Morgan fingerprint density at radius 1 is 0.844 bits per heavy atom. The summed E-state index contributed by atoms with van der Waals surface area (Å²) in [7, 11) is 7.84. The molecule has 32 heavy (non-hydrogen) atoms. The Hall–Kier alpha value is -2.97. The molecule has 0 aliphatic carbocycles. The van der Waals surface area contributed by atoms with Gasteiger partial charge < -0.3 is 33.2 Å². The van der Waals surface area contributed by atoms with E-state index in [1.165, 1.54) is 0 Å². The minimum Gasteiger partial charge on any atom is -0.493 e. The molecular weight excluding hydrogens is 416 g/mol. The molecule has 0 radical (unpaired) electrons. The lowest BCUT2D eigenvalue weighted by Crippen LogP contribution is -2.25. The van der Waals surface area contributed by atoms with E-state index in [0.29, 0.717) is 23.0 Å². The molecule has 4 atom stereocenters. The summed E-state index contributed by atoms with van der Waals surface area (Å²) >= 11 is 0. The van der Waals surface area contributed by atoms with Crippen molar-refractivity contribution >= 4 is 5.97 Å². The van der Waals surface area contributed by atoms with E-state index in [1.54, 1.807) is 41.6 Å². The molecule has 1 aliphatic rings. The van der Waals surface area contributed by atoms with E-state index in [2.05, 4.69) is 0 Å². The number of esters is 1. The summed E-state index contributed by atoms with van der Waals surface area (Å²) in [5, 5.41) is 0. The number of carbonyl (C=O) groups excluding carboxylic acids is 1. The summed E-state index contributed by atoms with van der Waals surface area (Å²) in [4.78, 5) is 12.7. The first kappa shape index (κ1) is 23.7. The van der Waals surface area contributed by atoms with Crippen LogP contribution in [0.15, 0.2) is 36.4 Å². The van der Waals surface area contributed by atoms with Gasteiger partial charge in [0.05, 0.1) is 40.5 Å². The van der Waals surface area contributed by atoms with Crippen LogP contribution in [0, 0.1) is 11.8 Å². The highest BCUT2D eigenvalue weighted by molar-refractivity contribution is 5.75. The SMILES string of the molecule is COCO[C@@H](c1ccc(OC)c(OC)c1)[C@@H]1[C@H](C)C(=O)O[C@H]1c1ccc(OC)c(OC)c1. The summed E-state index contributed by atoms with van der Waals surface area (Å²) in [6.45, 7) is 1.90. The first-order chi connectivity index (χ1) is 15.5. The monoisotopic (exact) mass is 446 g/mol. The minimum absolute atomic E-state index is 0.0507. The zero-order valence-electron chi connectivity index (χ0n) is 19.2. The zero-order valence-corrected chi connectivity index (χ0v) is 19.2. The van der Waals surface area contributed by atoms with E-state index in [9.17, 15) is 4.79 Å². The van der Waals surface area contributed by atoms with E-state index in [4.69, 9.17) is 33.2 Å². The van der Waals surface area contributed by atoms with Crippen LogP contribution in [0.4, 0.5) is 0 Å². The quantitative estimate of drug-likeness (QED) is 0.401. The fourth-order valence-electron chi connectivity index (χ4n) is 4.07. The molecule has 2 aromatic rings. The molecule has 1 aliphatic heterocycles. The molecule has 3 rings (SSSR count). The Balaban J connectivity index is 2.06. The maximum absolute atomic E-state index is 12.7. The Morgan fingerprint density at radius 3 is 2.03 bits per heavy atom. The topological polar surface area (TPSA) is 81.7 Å². The van der Waals surface area contributed by atoms with Gasteiger partial charge in [-0.2, -0.15) is 0 Å². The first-order valence-electron chi connectivity index (χ1n) is 10.2. The Kier molecular flexibility index (Phi) is 7.82. The van der Waals surface area contributed by atoms with Gasteiger partial charge in [0.25, 0.3) is 0 Å². The van der Waals surface area contributed by atoms with Gasteiger partial charge in [0, 0.05) is 13.0 Å². The van der Waals surface area contributed by atoms with Crippen LogP contribution in [0.1, 0.15) is 30.3 Å². The van der Waals surface area contributed by atoms with Crippen LogP contribution in [0.25, 0.3) is 0 Å². The largest absolute Gasteiger partial charge is 0.493 e. The van der Waals surface area contributed by atoms with Crippen LogP contribution in [-0.4, -0.2) is 48.3 Å². The third-order valence-corrected chi connectivity index (χ3v) is 5.73. The Labute approximate surface area is 188 Å². The molecule has 1 saturated heterocycles. The van der Waals surface area contributed by atoms with Crippen molar-refractivity contribution in [1.29, 1.82) is 0 Å². The fraction of sp³-hybridized carbons (Fsp3) is 0.458. The maximum atomic E-state index is 12.7. The standard InChI is InChI=1S/C24H30O8/c1-14-21(22(31-13-26-2)15-7-9-17(27-3)19(11-15)29-5)23(32-24(14)25)16-8-10-18(28-4)20(12-16)30-6/h7-12,14,21-23H,13H2,1-6H3/t14-,21-,22-,23-/m0/s1. The van der Waals surface area contributed by atoms with Gasteiger partial charge in [0.15, 0.2) is 23.0 Å². The number of benzene rings is 2. The summed E-state index contributed by atoms with van der Waals surface area (Å²) in [6, 6.07) is 11.0. The highest BCUT2D eigenvalue weighted by Gasteiger charge is 2.48. The van der Waals surface area contributed by atoms with E-state index in [1.807, 2.05) is 37.3 Å². The van der Waals surface area contributed by atoms with Crippen molar-refractivity contribution < 1.29 is 38.0 Å². The molecule has 1 fully saturated rings. The average Bonchev–Trinajstić information content (AvgIpc) is 3.12. The second-order valence-corrected chi connectivity index (χ2v) is 7.45. The van der Waals surface area contributed by atoms with Gasteiger partial charge in [-0.3, -0.25) is 4.79 Å². The molecule has 8 nitrogen and oxygen atoms in total. The van der Waals surface area contributed by atoms with Gasteiger partial charge >= 0.3 is 5.97 Å². The summed E-state index contributed by atoms with van der Waals surface area (Å²) < 4.78 is 38.7. The molecular formula is C24H30O8. The third kappa shape index (κ3) is 4.61. The van der Waals surface area contributed by atoms with Crippen LogP contribution >= 0.6 is 0 Å². The molecule has 0 bridgehead atoms. The highest BCUT2D eigenvalue weighted by Crippen LogP contribution is 2.49. The lowest BCUT2D eigenvalue weighted by atomic mass is 9.81. The summed E-state index contributed by atoms with van der Waals surface area (Å²) in [5.74, 6) is 1.29. The third-order valence-electron chi connectivity index (χ3n) is 5.73. The lowest BCUT2D eigenvalue weighted by Gasteiger charge is -2.30. The van der Waals surface area contributed by atoms with Gasteiger partial charge in [-0.05, 0) is 35.4 Å². The smallest absolute Gasteiger partial charge is 0.309 e. The van der Waals surface area contributed by atoms with Crippen LogP contribution < -0.4 is 18.9 Å². The molecule has 2 aromatic carbocycles. The van der Waals surface area contributed by atoms with Crippen LogP contribution in [0.2, 0.25) is 0 Å². The van der Waals surface area contributed by atoms with Crippen molar-refractivity contribution in [2.45, 2.75) is 19.1 Å². The van der Waals surface area contributed by atoms with Crippen molar-refractivity contribution in [3.05, 3.63) is 47.5 Å². The maximum Gasteiger partial charge on any atom is 0.309 e.